The minimum Gasteiger partial charge on any atom is -0.494 e. The van der Waals surface area contributed by atoms with Gasteiger partial charge in [0.15, 0.2) is 0 Å². The molecule has 2 rings (SSSR count). The van der Waals surface area contributed by atoms with Crippen molar-refractivity contribution in [3.8, 4) is 5.75 Å². The molecule has 0 atom stereocenters. The summed E-state index contributed by atoms with van der Waals surface area (Å²) in [6.45, 7) is 4.60. The zero-order valence-corrected chi connectivity index (χ0v) is 12.8. The number of anilines is 1. The number of nitrogens with zero attached hydrogens (tertiary/aromatic N) is 2. The number of aromatic nitrogens is 2. The third-order valence-electron chi connectivity index (χ3n) is 2.84. The molecule has 0 fully saturated rings. The van der Waals surface area contributed by atoms with Gasteiger partial charge in [-0.1, -0.05) is 35.3 Å². The largest absolute Gasteiger partial charge is 0.494 e. The van der Waals surface area contributed by atoms with Crippen LogP contribution in [0.5, 0.6) is 5.75 Å². The van der Waals surface area contributed by atoms with Gasteiger partial charge in [-0.15, -0.1) is 0 Å². The Morgan fingerprint density at radius 3 is 2.40 bits per heavy atom. The van der Waals surface area contributed by atoms with Crippen molar-refractivity contribution in [2.45, 2.75) is 20.3 Å². The summed E-state index contributed by atoms with van der Waals surface area (Å²) in [5.41, 5.74) is 8.29. The summed E-state index contributed by atoms with van der Waals surface area (Å²) in [5, 5.41) is 0.572. The van der Waals surface area contributed by atoms with Crippen molar-refractivity contribution >= 4 is 29.2 Å². The van der Waals surface area contributed by atoms with E-state index >= 15 is 0 Å². The van der Waals surface area contributed by atoms with Crippen LogP contribution in [-0.4, -0.2) is 16.6 Å². The molecule has 106 valence electrons. The Bertz CT molecular complexity index is 609. The van der Waals surface area contributed by atoms with Gasteiger partial charge in [-0.2, -0.15) is 0 Å². The van der Waals surface area contributed by atoms with Crippen molar-refractivity contribution in [3.63, 3.8) is 0 Å². The minimum atomic E-state index is 0.0756. The van der Waals surface area contributed by atoms with Gasteiger partial charge in [0.05, 0.1) is 6.61 Å². The lowest BCUT2D eigenvalue weighted by atomic mass is 10.0. The smallest absolute Gasteiger partial charge is 0.222 e. The SMILES string of the molecule is CCOc1ccc(Cc2c(Cl)nc(N)nc2Cl)cc1C. The van der Waals surface area contributed by atoms with Crippen LogP contribution in [0.1, 0.15) is 23.6 Å². The second-order valence-corrected chi connectivity index (χ2v) is 5.07. The van der Waals surface area contributed by atoms with Gasteiger partial charge >= 0.3 is 0 Å². The van der Waals surface area contributed by atoms with E-state index in [2.05, 4.69) is 9.97 Å². The second-order valence-electron chi connectivity index (χ2n) is 4.35. The lowest BCUT2D eigenvalue weighted by molar-refractivity contribution is 0.338. The molecule has 0 spiro atoms. The fourth-order valence-electron chi connectivity index (χ4n) is 1.94. The summed E-state index contributed by atoms with van der Waals surface area (Å²) in [6.07, 6.45) is 0.547. The Morgan fingerprint density at radius 2 is 1.85 bits per heavy atom. The second kappa shape index (κ2) is 6.29. The van der Waals surface area contributed by atoms with Crippen LogP contribution in [0.3, 0.4) is 0 Å². The van der Waals surface area contributed by atoms with Crippen molar-refractivity contribution in [1.82, 2.24) is 9.97 Å². The molecule has 2 N–H and O–H groups in total. The molecule has 0 bridgehead atoms. The van der Waals surface area contributed by atoms with E-state index < -0.39 is 0 Å². The van der Waals surface area contributed by atoms with Crippen LogP contribution in [0.15, 0.2) is 18.2 Å². The molecule has 0 saturated carbocycles. The molecule has 6 heteroatoms. The molecule has 4 nitrogen and oxygen atoms in total. The first-order valence-corrected chi connectivity index (χ1v) is 6.96. The molecule has 0 saturated heterocycles. The lowest BCUT2D eigenvalue weighted by Crippen LogP contribution is -2.01. The average molecular weight is 312 g/mol. The number of hydrogen-bond donors (Lipinski definition) is 1. The zero-order chi connectivity index (χ0) is 14.7. The standard InChI is InChI=1S/C14H15Cl2N3O/c1-3-20-11-5-4-9(6-8(11)2)7-10-12(15)18-14(17)19-13(10)16/h4-6H,3,7H2,1-2H3,(H2,17,18,19). The van der Waals surface area contributed by atoms with E-state index in [1.807, 2.05) is 32.0 Å². The molecule has 0 aliphatic heterocycles. The molecule has 0 unspecified atom stereocenters. The topological polar surface area (TPSA) is 61.0 Å². The molecule has 0 aliphatic carbocycles. The average Bonchev–Trinajstić information content (AvgIpc) is 2.37. The first-order chi connectivity index (χ1) is 9.51. The number of aryl methyl sites for hydroxylation is 1. The predicted octanol–water partition coefficient (Wildman–Crippen LogP) is 3.66. The molecule has 1 heterocycles. The Kier molecular flexibility index (Phi) is 4.68. The maximum Gasteiger partial charge on any atom is 0.222 e. The van der Waals surface area contributed by atoms with E-state index in [9.17, 15) is 0 Å². The summed E-state index contributed by atoms with van der Waals surface area (Å²) in [5.74, 6) is 0.952. The maximum atomic E-state index is 6.07. The number of hydrogen-bond acceptors (Lipinski definition) is 4. The van der Waals surface area contributed by atoms with E-state index in [4.69, 9.17) is 33.7 Å². The van der Waals surface area contributed by atoms with Crippen LogP contribution < -0.4 is 10.5 Å². The van der Waals surface area contributed by atoms with Crippen molar-refractivity contribution in [2.24, 2.45) is 0 Å². The van der Waals surface area contributed by atoms with Gasteiger partial charge in [-0.05, 0) is 31.0 Å². The molecule has 1 aromatic carbocycles. The van der Waals surface area contributed by atoms with E-state index in [1.165, 1.54) is 0 Å². The van der Waals surface area contributed by atoms with Gasteiger partial charge in [-0.3, -0.25) is 0 Å². The number of benzene rings is 1. The molecule has 20 heavy (non-hydrogen) atoms. The van der Waals surface area contributed by atoms with E-state index in [0.29, 0.717) is 18.6 Å². The van der Waals surface area contributed by atoms with E-state index in [0.717, 1.165) is 16.9 Å². The predicted molar refractivity (Wildman–Crippen MR) is 81.6 cm³/mol. The van der Waals surface area contributed by atoms with Crippen LogP contribution >= 0.6 is 23.2 Å². The first kappa shape index (κ1) is 14.9. The highest BCUT2D eigenvalue weighted by Crippen LogP contribution is 2.27. The number of nitrogens with two attached hydrogens (primary N) is 1. The number of nitrogen functional groups attached to an aromatic ring is 1. The summed E-state index contributed by atoms with van der Waals surface area (Å²) in [4.78, 5) is 7.85. The van der Waals surface area contributed by atoms with Gasteiger partial charge in [0.25, 0.3) is 0 Å². The summed E-state index contributed by atoms with van der Waals surface area (Å²) in [6, 6.07) is 5.95. The fourth-order valence-corrected chi connectivity index (χ4v) is 2.47. The highest BCUT2D eigenvalue weighted by Gasteiger charge is 2.12. The molecule has 0 aliphatic rings. The minimum absolute atomic E-state index is 0.0756. The molecular weight excluding hydrogens is 297 g/mol. The third kappa shape index (κ3) is 3.32. The van der Waals surface area contributed by atoms with Crippen LogP contribution in [0.25, 0.3) is 0 Å². The van der Waals surface area contributed by atoms with Crippen molar-refractivity contribution < 1.29 is 4.74 Å². The van der Waals surface area contributed by atoms with Crippen LogP contribution in [0.2, 0.25) is 10.3 Å². The summed E-state index contributed by atoms with van der Waals surface area (Å²) in [7, 11) is 0. The van der Waals surface area contributed by atoms with Crippen molar-refractivity contribution in [2.75, 3.05) is 12.3 Å². The Labute approximate surface area is 127 Å². The van der Waals surface area contributed by atoms with Crippen LogP contribution in [0.4, 0.5) is 5.95 Å². The van der Waals surface area contributed by atoms with Gasteiger partial charge in [0.2, 0.25) is 5.95 Å². The van der Waals surface area contributed by atoms with E-state index in [1.54, 1.807) is 0 Å². The Hall–Kier alpha value is -1.52. The Balaban J connectivity index is 2.29. The van der Waals surface area contributed by atoms with Gasteiger partial charge in [-0.25, -0.2) is 9.97 Å². The molecule has 0 radical (unpaired) electrons. The number of halogens is 2. The van der Waals surface area contributed by atoms with Gasteiger partial charge in [0.1, 0.15) is 16.1 Å². The van der Waals surface area contributed by atoms with Crippen molar-refractivity contribution in [3.05, 3.63) is 45.2 Å². The zero-order valence-electron chi connectivity index (χ0n) is 11.3. The maximum absolute atomic E-state index is 6.07. The highest BCUT2D eigenvalue weighted by atomic mass is 35.5. The van der Waals surface area contributed by atoms with Gasteiger partial charge in [0, 0.05) is 12.0 Å². The summed E-state index contributed by atoms with van der Waals surface area (Å²) >= 11 is 12.1. The Morgan fingerprint density at radius 1 is 1.20 bits per heavy atom. The molecule has 2 aromatic rings. The third-order valence-corrected chi connectivity index (χ3v) is 3.47. The van der Waals surface area contributed by atoms with Crippen LogP contribution in [-0.2, 0) is 6.42 Å². The monoisotopic (exact) mass is 311 g/mol. The lowest BCUT2D eigenvalue weighted by Gasteiger charge is -2.10. The molecular formula is C14H15Cl2N3O. The number of rotatable bonds is 4. The fraction of sp³-hybridized carbons (Fsp3) is 0.286. The molecule has 1 aromatic heterocycles. The van der Waals surface area contributed by atoms with E-state index in [-0.39, 0.29) is 16.3 Å². The first-order valence-electron chi connectivity index (χ1n) is 6.21. The highest BCUT2D eigenvalue weighted by molar-refractivity contribution is 6.34. The quantitative estimate of drug-likeness (QED) is 0.875. The molecule has 0 amide bonds. The summed E-state index contributed by atoms with van der Waals surface area (Å²) < 4.78 is 5.51. The normalized spacial score (nSPS) is 10.6. The van der Waals surface area contributed by atoms with Crippen molar-refractivity contribution in [1.29, 1.82) is 0 Å². The van der Waals surface area contributed by atoms with Crippen LogP contribution in [0, 0.1) is 6.92 Å². The number of ether oxygens (including phenoxy) is 1. The van der Waals surface area contributed by atoms with Gasteiger partial charge < -0.3 is 10.5 Å².